The molecule has 0 saturated carbocycles. The van der Waals surface area contributed by atoms with Crippen LogP contribution in [0.2, 0.25) is 0 Å². The number of hydrogen-bond donors (Lipinski definition) is 1. The van der Waals surface area contributed by atoms with E-state index in [0.29, 0.717) is 12.6 Å². The van der Waals surface area contributed by atoms with Crippen molar-refractivity contribution in [1.82, 2.24) is 5.32 Å². The molecular weight excluding hydrogens is 178 g/mol. The average Bonchev–Trinajstić information content (AvgIpc) is 2.19. The third-order valence-corrected chi connectivity index (χ3v) is 2.74. The molecule has 1 N–H and O–H groups in total. The van der Waals surface area contributed by atoms with Crippen LogP contribution in [0.25, 0.3) is 0 Å². The largest absolute Gasteiger partial charge is 0.466 e. The van der Waals surface area contributed by atoms with Gasteiger partial charge in [-0.05, 0) is 32.7 Å². The summed E-state index contributed by atoms with van der Waals surface area (Å²) in [6, 6.07) is 0.517. The van der Waals surface area contributed by atoms with E-state index in [9.17, 15) is 4.79 Å². The predicted molar refractivity (Wildman–Crippen MR) is 56.1 cm³/mol. The molecule has 0 aromatic carbocycles. The maximum atomic E-state index is 11.4. The zero-order chi connectivity index (χ0) is 10.4. The Morgan fingerprint density at radius 2 is 2.36 bits per heavy atom. The first-order valence-electron chi connectivity index (χ1n) is 5.64. The maximum absolute atomic E-state index is 11.4. The molecular formula is C11H21NO2. The number of esters is 1. The number of carbonyl (C=O) groups is 1. The van der Waals surface area contributed by atoms with Gasteiger partial charge in [0, 0.05) is 6.04 Å². The van der Waals surface area contributed by atoms with Crippen LogP contribution in [0.1, 0.15) is 39.5 Å². The quantitative estimate of drug-likeness (QED) is 0.701. The predicted octanol–water partition coefficient (Wildman–Crippen LogP) is 1.72. The highest BCUT2D eigenvalue weighted by atomic mass is 16.5. The fraction of sp³-hybridized carbons (Fsp3) is 0.909. The van der Waals surface area contributed by atoms with E-state index in [1.165, 1.54) is 19.3 Å². The first kappa shape index (κ1) is 11.5. The molecule has 3 heteroatoms. The summed E-state index contributed by atoms with van der Waals surface area (Å²) in [5.41, 5.74) is 0. The Bertz CT molecular complexity index is 176. The first-order chi connectivity index (χ1) is 6.74. The van der Waals surface area contributed by atoms with Crippen LogP contribution in [0.4, 0.5) is 0 Å². The van der Waals surface area contributed by atoms with E-state index in [1.54, 1.807) is 0 Å². The topological polar surface area (TPSA) is 38.3 Å². The summed E-state index contributed by atoms with van der Waals surface area (Å²) in [4.78, 5) is 11.4. The molecule has 2 unspecified atom stereocenters. The van der Waals surface area contributed by atoms with E-state index in [1.807, 2.05) is 13.8 Å². The van der Waals surface area contributed by atoms with Gasteiger partial charge in [0.05, 0.1) is 12.5 Å². The molecule has 0 bridgehead atoms. The molecule has 1 saturated heterocycles. The second-order valence-electron chi connectivity index (χ2n) is 4.04. The van der Waals surface area contributed by atoms with Gasteiger partial charge in [-0.2, -0.15) is 0 Å². The summed E-state index contributed by atoms with van der Waals surface area (Å²) in [6.07, 6.45) is 4.67. The highest BCUT2D eigenvalue weighted by molar-refractivity contribution is 5.71. The molecule has 0 aromatic heterocycles. The Balaban J connectivity index is 2.24. The fourth-order valence-corrected chi connectivity index (χ4v) is 1.93. The highest BCUT2D eigenvalue weighted by Crippen LogP contribution is 2.16. The lowest BCUT2D eigenvalue weighted by atomic mass is 9.95. The highest BCUT2D eigenvalue weighted by Gasteiger charge is 2.20. The van der Waals surface area contributed by atoms with Crippen LogP contribution in [0.3, 0.4) is 0 Å². The van der Waals surface area contributed by atoms with Crippen LogP contribution in [-0.4, -0.2) is 25.2 Å². The van der Waals surface area contributed by atoms with Crippen molar-refractivity contribution in [2.24, 2.45) is 5.92 Å². The molecule has 1 fully saturated rings. The SMILES string of the molecule is CCOC(=O)C(C)CC1CCCCN1. The molecule has 1 heterocycles. The molecule has 0 aromatic rings. The van der Waals surface area contributed by atoms with Gasteiger partial charge < -0.3 is 10.1 Å². The molecule has 1 aliphatic heterocycles. The minimum atomic E-state index is -0.0557. The van der Waals surface area contributed by atoms with E-state index in [4.69, 9.17) is 4.74 Å². The van der Waals surface area contributed by atoms with Crippen LogP contribution >= 0.6 is 0 Å². The van der Waals surface area contributed by atoms with Crippen molar-refractivity contribution in [2.45, 2.75) is 45.6 Å². The number of ether oxygens (including phenoxy) is 1. The Labute approximate surface area is 86.2 Å². The van der Waals surface area contributed by atoms with Crippen molar-refractivity contribution >= 4 is 5.97 Å². The number of rotatable bonds is 4. The third-order valence-electron chi connectivity index (χ3n) is 2.74. The minimum Gasteiger partial charge on any atom is -0.466 e. The third kappa shape index (κ3) is 3.66. The lowest BCUT2D eigenvalue weighted by molar-refractivity contribution is -0.147. The van der Waals surface area contributed by atoms with Crippen molar-refractivity contribution in [3.05, 3.63) is 0 Å². The molecule has 3 nitrogen and oxygen atoms in total. The van der Waals surface area contributed by atoms with Crippen LogP contribution in [-0.2, 0) is 9.53 Å². The van der Waals surface area contributed by atoms with Gasteiger partial charge in [-0.3, -0.25) is 4.79 Å². The van der Waals surface area contributed by atoms with E-state index < -0.39 is 0 Å². The van der Waals surface area contributed by atoms with Gasteiger partial charge in [0.1, 0.15) is 0 Å². The van der Waals surface area contributed by atoms with Crippen molar-refractivity contribution in [3.63, 3.8) is 0 Å². The second-order valence-corrected chi connectivity index (χ2v) is 4.04. The summed E-state index contributed by atoms with van der Waals surface area (Å²) in [5.74, 6) is -0.0228. The van der Waals surface area contributed by atoms with Gasteiger partial charge in [0.15, 0.2) is 0 Å². The van der Waals surface area contributed by atoms with Crippen LogP contribution in [0, 0.1) is 5.92 Å². The van der Waals surface area contributed by atoms with Crippen molar-refractivity contribution in [1.29, 1.82) is 0 Å². The van der Waals surface area contributed by atoms with Gasteiger partial charge in [-0.25, -0.2) is 0 Å². The van der Waals surface area contributed by atoms with Gasteiger partial charge in [0.25, 0.3) is 0 Å². The number of carbonyl (C=O) groups excluding carboxylic acids is 1. The summed E-state index contributed by atoms with van der Waals surface area (Å²) in [5, 5.41) is 3.44. The molecule has 0 amide bonds. The van der Waals surface area contributed by atoms with Crippen molar-refractivity contribution in [3.8, 4) is 0 Å². The van der Waals surface area contributed by atoms with Crippen molar-refractivity contribution in [2.75, 3.05) is 13.2 Å². The molecule has 14 heavy (non-hydrogen) atoms. The Kier molecular flexibility index (Phi) is 4.94. The van der Waals surface area contributed by atoms with Gasteiger partial charge in [-0.1, -0.05) is 13.3 Å². The molecule has 0 spiro atoms. The zero-order valence-electron chi connectivity index (χ0n) is 9.21. The monoisotopic (exact) mass is 199 g/mol. The van der Waals surface area contributed by atoms with Crippen LogP contribution < -0.4 is 5.32 Å². The Hall–Kier alpha value is -0.570. The molecule has 1 aliphatic rings. The van der Waals surface area contributed by atoms with Gasteiger partial charge >= 0.3 is 5.97 Å². The fourth-order valence-electron chi connectivity index (χ4n) is 1.93. The van der Waals surface area contributed by atoms with E-state index in [2.05, 4.69) is 5.32 Å². The molecule has 82 valence electrons. The maximum Gasteiger partial charge on any atom is 0.308 e. The van der Waals surface area contributed by atoms with Crippen LogP contribution in [0.15, 0.2) is 0 Å². The summed E-state index contributed by atoms with van der Waals surface area (Å²) < 4.78 is 4.98. The zero-order valence-corrected chi connectivity index (χ0v) is 9.21. The van der Waals surface area contributed by atoms with Gasteiger partial charge in [-0.15, -0.1) is 0 Å². The molecule has 2 atom stereocenters. The summed E-state index contributed by atoms with van der Waals surface area (Å²) in [6.45, 7) is 5.39. The van der Waals surface area contributed by atoms with E-state index in [0.717, 1.165) is 13.0 Å². The van der Waals surface area contributed by atoms with E-state index in [-0.39, 0.29) is 11.9 Å². The Morgan fingerprint density at radius 1 is 1.57 bits per heavy atom. The standard InChI is InChI=1S/C11H21NO2/c1-3-14-11(13)9(2)8-10-6-4-5-7-12-10/h9-10,12H,3-8H2,1-2H3. The molecule has 0 radical (unpaired) electrons. The number of piperidine rings is 1. The van der Waals surface area contributed by atoms with Crippen molar-refractivity contribution < 1.29 is 9.53 Å². The average molecular weight is 199 g/mol. The normalized spacial score (nSPS) is 24.3. The lowest BCUT2D eigenvalue weighted by Crippen LogP contribution is -2.36. The van der Waals surface area contributed by atoms with E-state index >= 15 is 0 Å². The smallest absolute Gasteiger partial charge is 0.308 e. The van der Waals surface area contributed by atoms with Crippen LogP contribution in [0.5, 0.6) is 0 Å². The minimum absolute atomic E-state index is 0.0329. The lowest BCUT2D eigenvalue weighted by Gasteiger charge is -2.25. The Morgan fingerprint density at radius 3 is 2.93 bits per heavy atom. The molecule has 1 rings (SSSR count). The second kappa shape index (κ2) is 6.02. The summed E-state index contributed by atoms with van der Waals surface area (Å²) in [7, 11) is 0. The summed E-state index contributed by atoms with van der Waals surface area (Å²) >= 11 is 0. The molecule has 0 aliphatic carbocycles. The van der Waals surface area contributed by atoms with Gasteiger partial charge in [0.2, 0.25) is 0 Å². The first-order valence-corrected chi connectivity index (χ1v) is 5.64. The number of hydrogen-bond acceptors (Lipinski definition) is 3. The number of nitrogens with one attached hydrogen (secondary N) is 1.